The highest BCUT2D eigenvalue weighted by atomic mass is 32.1. The van der Waals surface area contributed by atoms with Crippen LogP contribution in [0.4, 0.5) is 0 Å². The van der Waals surface area contributed by atoms with E-state index in [4.69, 9.17) is 21.7 Å². The Morgan fingerprint density at radius 3 is 2.16 bits per heavy atom. The van der Waals surface area contributed by atoms with Crippen LogP contribution >= 0.6 is 12.2 Å². The molecule has 0 bridgehead atoms. The first kappa shape index (κ1) is 23.9. The number of rotatable bonds is 9. The van der Waals surface area contributed by atoms with Gasteiger partial charge in [-0.2, -0.15) is 0 Å². The van der Waals surface area contributed by atoms with Crippen LogP contribution in [0.3, 0.4) is 0 Å². The number of para-hydroxylation sites is 2. The second-order valence-electron chi connectivity index (χ2n) is 6.99. The van der Waals surface area contributed by atoms with E-state index in [1.165, 1.54) is 0 Å². The van der Waals surface area contributed by atoms with Crippen LogP contribution in [-0.4, -0.2) is 30.1 Å². The van der Waals surface area contributed by atoms with Crippen molar-refractivity contribution in [2.24, 2.45) is 5.92 Å². The van der Waals surface area contributed by atoms with E-state index in [0.717, 1.165) is 6.42 Å². The molecule has 2 aromatic rings. The first-order chi connectivity index (χ1) is 14.9. The third-order valence-corrected chi connectivity index (χ3v) is 4.29. The molecule has 0 saturated heterocycles. The predicted octanol–water partition coefficient (Wildman–Crippen LogP) is 3.63. The minimum absolute atomic E-state index is 0.0557. The summed E-state index contributed by atoms with van der Waals surface area (Å²) in [6.07, 6.45) is 2.46. The molecule has 2 amide bonds. The molecule has 0 fully saturated rings. The van der Waals surface area contributed by atoms with Gasteiger partial charge in [-0.3, -0.25) is 25.8 Å². The van der Waals surface area contributed by atoms with Crippen molar-refractivity contribution in [1.29, 1.82) is 0 Å². The van der Waals surface area contributed by atoms with Crippen LogP contribution in [0.2, 0.25) is 0 Å². The number of hydrogen-bond donors (Lipinski definition) is 3. The lowest BCUT2D eigenvalue weighted by atomic mass is 10.1. The van der Waals surface area contributed by atoms with Crippen LogP contribution < -0.4 is 25.6 Å². The zero-order valence-corrected chi connectivity index (χ0v) is 18.5. The van der Waals surface area contributed by atoms with Crippen molar-refractivity contribution in [3.63, 3.8) is 0 Å². The van der Waals surface area contributed by atoms with Crippen LogP contribution in [0.25, 0.3) is 0 Å². The Hall–Kier alpha value is -3.39. The number of carbonyl (C=O) groups excluding carboxylic acids is 2. The molecule has 0 unspecified atom stereocenters. The van der Waals surface area contributed by atoms with Crippen molar-refractivity contribution in [2.45, 2.75) is 20.3 Å². The fourth-order valence-corrected chi connectivity index (χ4v) is 2.64. The third-order valence-electron chi connectivity index (χ3n) is 4.09. The van der Waals surface area contributed by atoms with Gasteiger partial charge in [-0.05, 0) is 48.8 Å². The smallest absolute Gasteiger partial charge is 0.273 e. The highest BCUT2D eigenvalue weighted by Crippen LogP contribution is 2.19. The Kier molecular flexibility index (Phi) is 9.51. The number of hydrazine groups is 1. The molecular weight excluding hydrogens is 414 g/mol. The van der Waals surface area contributed by atoms with Crippen molar-refractivity contribution in [2.75, 3.05) is 13.2 Å². The van der Waals surface area contributed by atoms with Crippen molar-refractivity contribution in [3.8, 4) is 11.5 Å². The minimum Gasteiger partial charge on any atom is -0.493 e. The van der Waals surface area contributed by atoms with E-state index in [1.807, 2.05) is 0 Å². The zero-order valence-electron chi connectivity index (χ0n) is 17.6. The van der Waals surface area contributed by atoms with Crippen LogP contribution in [0.1, 0.15) is 41.0 Å². The molecule has 0 aliphatic rings. The maximum absolute atomic E-state index is 12.6. The number of hydrogen-bond acceptors (Lipinski definition) is 5. The van der Waals surface area contributed by atoms with Gasteiger partial charge in [0.25, 0.3) is 11.8 Å². The summed E-state index contributed by atoms with van der Waals surface area (Å²) in [5.41, 5.74) is 5.64. The van der Waals surface area contributed by atoms with Crippen LogP contribution in [0.5, 0.6) is 11.5 Å². The van der Waals surface area contributed by atoms with Crippen LogP contribution in [0, 0.1) is 5.92 Å². The van der Waals surface area contributed by atoms with E-state index in [2.05, 4.69) is 36.6 Å². The number of nitrogens with one attached hydrogen (secondary N) is 3. The Balaban J connectivity index is 1.93. The molecule has 3 N–H and O–H groups in total. The number of benzene rings is 2. The largest absolute Gasteiger partial charge is 0.493 e. The second kappa shape index (κ2) is 12.3. The van der Waals surface area contributed by atoms with Crippen LogP contribution in [-0.2, 0) is 0 Å². The van der Waals surface area contributed by atoms with Crippen molar-refractivity contribution < 1.29 is 19.1 Å². The Labute approximate surface area is 187 Å². The Morgan fingerprint density at radius 2 is 1.55 bits per heavy atom. The normalized spacial score (nSPS) is 10.2. The third kappa shape index (κ3) is 7.75. The lowest BCUT2D eigenvalue weighted by Crippen LogP contribution is -2.48. The van der Waals surface area contributed by atoms with E-state index in [0.29, 0.717) is 35.2 Å². The summed E-state index contributed by atoms with van der Waals surface area (Å²) in [4.78, 5) is 25.0. The highest BCUT2D eigenvalue weighted by Gasteiger charge is 2.15. The summed E-state index contributed by atoms with van der Waals surface area (Å²) < 4.78 is 11.2. The van der Waals surface area contributed by atoms with Gasteiger partial charge in [0.1, 0.15) is 18.1 Å². The quantitative estimate of drug-likeness (QED) is 0.313. The number of amides is 2. The summed E-state index contributed by atoms with van der Waals surface area (Å²) >= 11 is 5.12. The van der Waals surface area contributed by atoms with Gasteiger partial charge >= 0.3 is 0 Å². The molecule has 0 spiro atoms. The molecule has 0 radical (unpaired) electrons. The van der Waals surface area contributed by atoms with Gasteiger partial charge in [-0.25, -0.2) is 0 Å². The highest BCUT2D eigenvalue weighted by molar-refractivity contribution is 7.80. The van der Waals surface area contributed by atoms with Gasteiger partial charge < -0.3 is 9.47 Å². The first-order valence-corrected chi connectivity index (χ1v) is 10.3. The Bertz CT molecular complexity index is 931. The van der Waals surface area contributed by atoms with Gasteiger partial charge in [-0.1, -0.05) is 50.8 Å². The maximum Gasteiger partial charge on any atom is 0.273 e. The summed E-state index contributed by atoms with van der Waals surface area (Å²) in [5.74, 6) is 0.467. The van der Waals surface area contributed by atoms with Crippen LogP contribution in [0.15, 0.2) is 61.2 Å². The molecule has 0 atom stereocenters. The number of carbonyl (C=O) groups is 2. The summed E-state index contributed by atoms with van der Waals surface area (Å²) in [5, 5.41) is 2.48. The molecule has 31 heavy (non-hydrogen) atoms. The number of thiocarbonyl (C=S) groups is 1. The van der Waals surface area contributed by atoms with Crippen molar-refractivity contribution in [1.82, 2.24) is 16.2 Å². The predicted molar refractivity (Wildman–Crippen MR) is 124 cm³/mol. The zero-order chi connectivity index (χ0) is 22.6. The first-order valence-electron chi connectivity index (χ1n) is 9.88. The van der Waals surface area contributed by atoms with Gasteiger partial charge in [0, 0.05) is 0 Å². The lowest BCUT2D eigenvalue weighted by molar-refractivity contribution is 0.0930. The number of ether oxygens (including phenoxy) is 2. The molecule has 2 rings (SSSR count). The topological polar surface area (TPSA) is 88.7 Å². The van der Waals surface area contributed by atoms with Gasteiger partial charge in [0.2, 0.25) is 0 Å². The second-order valence-corrected chi connectivity index (χ2v) is 7.39. The molecule has 8 heteroatoms. The van der Waals surface area contributed by atoms with Gasteiger partial charge in [0.05, 0.1) is 17.7 Å². The fourth-order valence-electron chi connectivity index (χ4n) is 2.50. The van der Waals surface area contributed by atoms with Crippen molar-refractivity contribution >= 4 is 29.1 Å². The standard InChI is InChI=1S/C23H27N3O4S/c1-4-14-29-20-12-8-6-10-18(20)22(28)25-26-23(31)24-21(27)17-9-5-7-11-19(17)30-15-13-16(2)3/h4-12,16H,1,13-15H2,2-3H3,(H,25,28)(H2,24,26,27,31). The molecule has 0 aliphatic heterocycles. The van der Waals surface area contributed by atoms with E-state index < -0.39 is 11.8 Å². The molecule has 7 nitrogen and oxygen atoms in total. The fraction of sp³-hybridized carbons (Fsp3) is 0.261. The SMILES string of the molecule is C=CCOc1ccccc1C(=O)NNC(=S)NC(=O)c1ccccc1OCCC(C)C. The Morgan fingerprint density at radius 1 is 0.968 bits per heavy atom. The van der Waals surface area contributed by atoms with Gasteiger partial charge in [-0.15, -0.1) is 0 Å². The monoisotopic (exact) mass is 441 g/mol. The summed E-state index contributed by atoms with van der Waals surface area (Å²) in [7, 11) is 0. The molecule has 164 valence electrons. The maximum atomic E-state index is 12.6. The summed E-state index contributed by atoms with van der Waals surface area (Å²) in [6.45, 7) is 8.57. The average molecular weight is 442 g/mol. The molecule has 0 aliphatic carbocycles. The van der Waals surface area contributed by atoms with Gasteiger partial charge in [0.15, 0.2) is 5.11 Å². The van der Waals surface area contributed by atoms with E-state index in [-0.39, 0.29) is 11.7 Å². The van der Waals surface area contributed by atoms with Crippen molar-refractivity contribution in [3.05, 3.63) is 72.3 Å². The molecule has 0 saturated carbocycles. The lowest BCUT2D eigenvalue weighted by Gasteiger charge is -2.14. The molecule has 2 aromatic carbocycles. The molecular formula is C23H27N3O4S. The average Bonchev–Trinajstić information content (AvgIpc) is 2.76. The van der Waals surface area contributed by atoms with E-state index in [9.17, 15) is 9.59 Å². The van der Waals surface area contributed by atoms with E-state index in [1.54, 1.807) is 54.6 Å². The molecule has 0 aromatic heterocycles. The van der Waals surface area contributed by atoms with E-state index >= 15 is 0 Å². The molecule has 0 heterocycles. The summed E-state index contributed by atoms with van der Waals surface area (Å²) in [6, 6.07) is 13.7. The minimum atomic E-state index is -0.464.